The SMILES string of the molecule is CC[n+]1c(C=C2C(=O)C(C=C3C=C(C(C)(C)C)OC(C(C)(C)C)=C3)=C2[O-])sc2ccccc21. The van der Waals surface area contributed by atoms with Crippen molar-refractivity contribution in [3.8, 4) is 0 Å². The number of hydrogen-bond donors (Lipinski definition) is 0. The molecule has 33 heavy (non-hydrogen) atoms. The zero-order valence-corrected chi connectivity index (χ0v) is 21.2. The van der Waals surface area contributed by atoms with E-state index in [0.29, 0.717) is 0 Å². The second-order valence-electron chi connectivity index (χ2n) is 10.5. The number of thiazole rings is 1. The first kappa shape index (κ1) is 23.2. The fourth-order valence-electron chi connectivity index (χ4n) is 3.82. The average Bonchev–Trinajstić information content (AvgIpc) is 3.11. The highest BCUT2D eigenvalue weighted by atomic mass is 32.1. The maximum atomic E-state index is 13.0. The van der Waals surface area contributed by atoms with E-state index in [1.54, 1.807) is 23.5 Å². The van der Waals surface area contributed by atoms with Crippen LogP contribution in [-0.2, 0) is 16.1 Å². The molecule has 172 valence electrons. The number of carbonyl (C=O) groups is 1. The van der Waals surface area contributed by atoms with Crippen LogP contribution in [0.3, 0.4) is 0 Å². The number of rotatable bonds is 3. The van der Waals surface area contributed by atoms with Gasteiger partial charge in [-0.3, -0.25) is 4.79 Å². The molecule has 2 aromatic rings. The lowest BCUT2D eigenvalue weighted by Crippen LogP contribution is -2.35. The van der Waals surface area contributed by atoms with Crippen molar-refractivity contribution in [2.45, 2.75) is 55.0 Å². The number of ketones is 1. The molecule has 0 atom stereocenters. The van der Waals surface area contributed by atoms with Crippen LogP contribution in [0.4, 0.5) is 0 Å². The normalized spacial score (nSPS) is 18.3. The van der Waals surface area contributed by atoms with E-state index in [-0.39, 0.29) is 33.5 Å². The van der Waals surface area contributed by atoms with Gasteiger partial charge >= 0.3 is 0 Å². The third kappa shape index (κ3) is 4.34. The largest absolute Gasteiger partial charge is 0.871 e. The number of fused-ring (bicyclic) bond motifs is 1. The molecule has 0 saturated carbocycles. The van der Waals surface area contributed by atoms with E-state index >= 15 is 0 Å². The quantitative estimate of drug-likeness (QED) is 0.441. The monoisotopic (exact) mass is 461 g/mol. The van der Waals surface area contributed by atoms with Crippen LogP contribution in [0.2, 0.25) is 0 Å². The van der Waals surface area contributed by atoms with Crippen molar-refractivity contribution in [3.63, 3.8) is 0 Å². The Labute approximate surface area is 199 Å². The molecule has 1 aromatic carbocycles. The van der Waals surface area contributed by atoms with Crippen LogP contribution in [0.15, 0.2) is 76.5 Å². The summed E-state index contributed by atoms with van der Waals surface area (Å²) in [7, 11) is 0. The molecule has 0 fully saturated rings. The Balaban J connectivity index is 1.75. The fraction of sp³-hybridized carbons (Fsp3) is 0.357. The standard InChI is InChI=1S/C28H31NO3S/c1-8-29-20-11-9-10-12-21(20)33-24(29)16-19-25(30)18(26(19)31)13-17-14-22(27(2,3)4)32-23(15-17)28(5,6)7/h9-16H,8H2,1-7H3. The van der Waals surface area contributed by atoms with Crippen LogP contribution in [0.5, 0.6) is 0 Å². The highest BCUT2D eigenvalue weighted by molar-refractivity contribution is 7.18. The van der Waals surface area contributed by atoms with Crippen LogP contribution in [0.1, 0.15) is 53.5 Å². The van der Waals surface area contributed by atoms with Gasteiger partial charge in [0.05, 0.1) is 0 Å². The molecule has 1 aliphatic heterocycles. The smallest absolute Gasteiger partial charge is 0.263 e. The van der Waals surface area contributed by atoms with Crippen molar-refractivity contribution >= 4 is 33.4 Å². The summed E-state index contributed by atoms with van der Waals surface area (Å²) in [5.41, 5.74) is 2.03. The van der Waals surface area contributed by atoms with Gasteiger partial charge in [-0.15, -0.1) is 0 Å². The number of aromatic nitrogens is 1. The number of benzene rings is 1. The van der Waals surface area contributed by atoms with Gasteiger partial charge in [-0.1, -0.05) is 70.8 Å². The topological polar surface area (TPSA) is 53.2 Å². The van der Waals surface area contributed by atoms with Crippen molar-refractivity contribution in [1.29, 1.82) is 0 Å². The molecule has 0 unspecified atom stereocenters. The van der Waals surface area contributed by atoms with Gasteiger partial charge in [-0.25, -0.2) is 0 Å². The minimum Gasteiger partial charge on any atom is -0.871 e. The molecule has 5 heteroatoms. The van der Waals surface area contributed by atoms with Gasteiger partial charge < -0.3 is 9.84 Å². The number of ether oxygens (including phenoxy) is 1. The van der Waals surface area contributed by atoms with Crippen molar-refractivity contribution in [2.24, 2.45) is 10.8 Å². The molecule has 4 rings (SSSR count). The van der Waals surface area contributed by atoms with E-state index in [2.05, 4.69) is 65.2 Å². The third-order valence-electron chi connectivity index (χ3n) is 5.80. The van der Waals surface area contributed by atoms with Crippen LogP contribution in [-0.4, -0.2) is 5.78 Å². The summed E-state index contributed by atoms with van der Waals surface area (Å²) in [6.45, 7) is 15.4. The number of aryl methyl sites for hydroxylation is 1. The van der Waals surface area contributed by atoms with Crippen LogP contribution in [0.25, 0.3) is 16.3 Å². The van der Waals surface area contributed by atoms with E-state index in [9.17, 15) is 9.90 Å². The number of carbonyl (C=O) groups excluding carboxylic acids is 1. The Kier molecular flexibility index (Phi) is 5.73. The summed E-state index contributed by atoms with van der Waals surface area (Å²) < 4.78 is 9.45. The average molecular weight is 462 g/mol. The molecule has 1 aromatic heterocycles. The summed E-state index contributed by atoms with van der Waals surface area (Å²) in [5, 5.41) is 13.9. The zero-order chi connectivity index (χ0) is 24.1. The Morgan fingerprint density at radius 3 is 2.15 bits per heavy atom. The lowest BCUT2D eigenvalue weighted by atomic mass is 9.84. The summed E-state index contributed by atoms with van der Waals surface area (Å²) in [6.07, 6.45) is 7.32. The summed E-state index contributed by atoms with van der Waals surface area (Å²) in [5.74, 6) is 1.25. The zero-order valence-electron chi connectivity index (χ0n) is 20.4. The van der Waals surface area contributed by atoms with Gasteiger partial charge in [-0.2, -0.15) is 4.57 Å². The molecule has 0 spiro atoms. The van der Waals surface area contributed by atoms with Gasteiger partial charge in [0.1, 0.15) is 22.8 Å². The molecule has 0 radical (unpaired) electrons. The van der Waals surface area contributed by atoms with E-state index in [0.717, 1.165) is 38.9 Å². The lowest BCUT2D eigenvalue weighted by Gasteiger charge is -2.33. The van der Waals surface area contributed by atoms with Crippen molar-refractivity contribution in [1.82, 2.24) is 0 Å². The molecule has 2 heterocycles. The second kappa shape index (κ2) is 8.14. The van der Waals surface area contributed by atoms with E-state index in [1.807, 2.05) is 24.3 Å². The fourth-order valence-corrected chi connectivity index (χ4v) is 4.99. The molecule has 2 aliphatic rings. The Morgan fingerprint density at radius 2 is 1.61 bits per heavy atom. The highest BCUT2D eigenvalue weighted by Crippen LogP contribution is 2.40. The number of nitrogens with zero attached hydrogens (tertiary/aromatic N) is 1. The van der Waals surface area contributed by atoms with E-state index < -0.39 is 0 Å². The van der Waals surface area contributed by atoms with Gasteiger partial charge in [0, 0.05) is 34.1 Å². The summed E-state index contributed by atoms with van der Waals surface area (Å²) >= 11 is 1.59. The van der Waals surface area contributed by atoms with Crippen LogP contribution in [0, 0.1) is 10.8 Å². The molecule has 1 aliphatic carbocycles. The van der Waals surface area contributed by atoms with Crippen molar-refractivity contribution in [2.75, 3.05) is 0 Å². The molecular weight excluding hydrogens is 430 g/mol. The molecular formula is C28H31NO3S. The minimum absolute atomic E-state index is 0.192. The van der Waals surface area contributed by atoms with E-state index in [4.69, 9.17) is 4.74 Å². The lowest BCUT2D eigenvalue weighted by molar-refractivity contribution is -0.665. The van der Waals surface area contributed by atoms with Crippen molar-refractivity contribution < 1.29 is 19.2 Å². The molecule has 0 N–H and O–H groups in total. The van der Waals surface area contributed by atoms with Gasteiger partial charge in [0.15, 0.2) is 5.78 Å². The van der Waals surface area contributed by atoms with Crippen LogP contribution < -0.4 is 9.67 Å². The summed E-state index contributed by atoms with van der Waals surface area (Å²) in [4.78, 5) is 13.0. The second-order valence-corrected chi connectivity index (χ2v) is 11.6. The number of para-hydroxylation sites is 1. The first-order valence-corrected chi connectivity index (χ1v) is 12.1. The Bertz CT molecular complexity index is 1270. The maximum absolute atomic E-state index is 13.0. The van der Waals surface area contributed by atoms with Gasteiger partial charge in [-0.05, 0) is 36.8 Å². The highest BCUT2D eigenvalue weighted by Gasteiger charge is 2.31. The van der Waals surface area contributed by atoms with Gasteiger partial charge in [0.25, 0.3) is 5.01 Å². The molecule has 0 amide bonds. The predicted octanol–water partition coefficient (Wildman–Crippen LogP) is 5.61. The van der Waals surface area contributed by atoms with Crippen molar-refractivity contribution in [3.05, 3.63) is 81.5 Å². The molecule has 4 nitrogen and oxygen atoms in total. The minimum atomic E-state index is -0.199. The Hall–Kier alpha value is -2.92. The Morgan fingerprint density at radius 1 is 1.00 bits per heavy atom. The van der Waals surface area contributed by atoms with Crippen LogP contribution >= 0.6 is 11.3 Å². The number of allylic oxidation sites excluding steroid dienone is 8. The molecule has 0 bridgehead atoms. The summed E-state index contributed by atoms with van der Waals surface area (Å²) in [6, 6.07) is 8.12. The third-order valence-corrected chi connectivity index (χ3v) is 6.92. The molecule has 0 saturated heterocycles. The maximum Gasteiger partial charge on any atom is 0.263 e. The number of hydrogen-bond acceptors (Lipinski definition) is 4. The predicted molar refractivity (Wildman–Crippen MR) is 132 cm³/mol. The number of Topliss-reactive ketones (excluding diaryl/α,β-unsaturated/α-hetero) is 1. The van der Waals surface area contributed by atoms with E-state index in [1.165, 1.54) is 0 Å². The first-order chi connectivity index (χ1) is 15.4. The first-order valence-electron chi connectivity index (χ1n) is 11.3. The van der Waals surface area contributed by atoms with Gasteiger partial charge in [0.2, 0.25) is 5.52 Å².